The molecule has 0 saturated carbocycles. The third-order valence-corrected chi connectivity index (χ3v) is 8.94. The molecule has 0 bridgehead atoms. The molecule has 4 heterocycles. The number of fused-ring (bicyclic) bond motifs is 7. The Morgan fingerprint density at radius 3 is 2.63 bits per heavy atom. The Labute approximate surface area is 225 Å². The van der Waals surface area contributed by atoms with E-state index in [0.717, 1.165) is 24.9 Å². The van der Waals surface area contributed by atoms with Crippen LogP contribution in [0.5, 0.6) is 0 Å². The molecule has 0 unspecified atom stereocenters. The Kier molecular flexibility index (Phi) is 4.89. The summed E-state index contributed by atoms with van der Waals surface area (Å²) in [6, 6.07) is 24.6. The molecule has 0 spiro atoms. The Morgan fingerprint density at radius 2 is 1.74 bits per heavy atom. The SMILES string of the molecule is C1=Cc2c(c3ccc4c5ccccc5sc4c3n2-c2cc(C3=CNCC=C3)cc(-c3cccnc3)c2)CC1. The van der Waals surface area contributed by atoms with Crippen molar-refractivity contribution in [3.63, 3.8) is 0 Å². The van der Waals surface area contributed by atoms with Gasteiger partial charge in [-0.2, -0.15) is 0 Å². The molecule has 3 aromatic carbocycles. The highest BCUT2D eigenvalue weighted by molar-refractivity contribution is 7.26. The molecular weight excluding hydrogens is 482 g/mol. The second-order valence-electron chi connectivity index (χ2n) is 10.00. The number of dihydropyridines is 1. The van der Waals surface area contributed by atoms with E-state index in [4.69, 9.17) is 0 Å². The van der Waals surface area contributed by atoms with E-state index >= 15 is 0 Å². The predicted octanol–water partition coefficient (Wildman–Crippen LogP) is 8.52. The molecule has 3 nitrogen and oxygen atoms in total. The van der Waals surface area contributed by atoms with Crippen molar-refractivity contribution in [3.8, 4) is 16.8 Å². The van der Waals surface area contributed by atoms with Crippen LogP contribution in [0.1, 0.15) is 23.2 Å². The number of hydrogen-bond donors (Lipinski definition) is 1. The summed E-state index contributed by atoms with van der Waals surface area (Å²) in [5.41, 5.74) is 9.94. The van der Waals surface area contributed by atoms with Crippen LogP contribution in [-0.4, -0.2) is 16.1 Å². The first-order valence-electron chi connectivity index (χ1n) is 13.2. The van der Waals surface area contributed by atoms with Gasteiger partial charge in [-0.15, -0.1) is 11.3 Å². The van der Waals surface area contributed by atoms with Gasteiger partial charge in [0.2, 0.25) is 0 Å². The number of thiophene rings is 1. The van der Waals surface area contributed by atoms with Crippen LogP contribution < -0.4 is 5.32 Å². The fraction of sp³-hybridized carbons (Fsp3) is 0.0882. The van der Waals surface area contributed by atoms with Crippen molar-refractivity contribution in [1.82, 2.24) is 14.9 Å². The molecule has 0 atom stereocenters. The molecule has 2 aliphatic rings. The molecule has 1 aliphatic carbocycles. The van der Waals surface area contributed by atoms with E-state index in [2.05, 4.69) is 106 Å². The zero-order valence-electron chi connectivity index (χ0n) is 20.8. The summed E-state index contributed by atoms with van der Waals surface area (Å²) in [6.07, 6.45) is 17.1. The van der Waals surface area contributed by atoms with Crippen molar-refractivity contribution in [3.05, 3.63) is 120 Å². The standard InChI is InChI=1S/C34H25N3S/c1-3-11-31-27(9-1)29-13-14-30-28-10-2-4-12-32(28)38-34(30)33(29)37(31)26-18-24(22-7-5-15-35-20-22)17-25(19-26)23-8-6-16-36-21-23/h2-8,10-15,17-21,36H,1,9,16H2. The topological polar surface area (TPSA) is 29.9 Å². The average Bonchev–Trinajstić information content (AvgIpc) is 3.54. The van der Waals surface area contributed by atoms with Crippen LogP contribution in [0.3, 0.4) is 0 Å². The van der Waals surface area contributed by atoms with Gasteiger partial charge in [0, 0.05) is 62.9 Å². The van der Waals surface area contributed by atoms with Gasteiger partial charge in [0.25, 0.3) is 0 Å². The fourth-order valence-corrected chi connectivity index (χ4v) is 7.26. The molecule has 0 saturated heterocycles. The van der Waals surface area contributed by atoms with Crippen LogP contribution >= 0.6 is 11.3 Å². The molecule has 8 rings (SSSR count). The van der Waals surface area contributed by atoms with Gasteiger partial charge in [0.15, 0.2) is 0 Å². The molecule has 1 aliphatic heterocycles. The van der Waals surface area contributed by atoms with Gasteiger partial charge in [-0.05, 0) is 71.5 Å². The molecular formula is C34H25N3S. The lowest BCUT2D eigenvalue weighted by molar-refractivity contribution is 0.967. The summed E-state index contributed by atoms with van der Waals surface area (Å²) in [5.74, 6) is 0. The van der Waals surface area contributed by atoms with Gasteiger partial charge < -0.3 is 9.88 Å². The second kappa shape index (κ2) is 8.57. The number of nitrogens with zero attached hydrogens (tertiary/aromatic N) is 2. The smallest absolute Gasteiger partial charge is 0.0716 e. The molecule has 3 aromatic heterocycles. The quantitative estimate of drug-likeness (QED) is 0.260. The Balaban J connectivity index is 1.49. The van der Waals surface area contributed by atoms with E-state index in [1.54, 1.807) is 0 Å². The van der Waals surface area contributed by atoms with Gasteiger partial charge >= 0.3 is 0 Å². The number of pyridine rings is 1. The van der Waals surface area contributed by atoms with Gasteiger partial charge in [0.05, 0.1) is 10.2 Å². The number of allylic oxidation sites excluding steroid dienone is 3. The Morgan fingerprint density at radius 1 is 0.816 bits per heavy atom. The monoisotopic (exact) mass is 507 g/mol. The summed E-state index contributed by atoms with van der Waals surface area (Å²) >= 11 is 1.91. The number of aryl methyl sites for hydroxylation is 1. The van der Waals surface area contributed by atoms with Gasteiger partial charge in [-0.25, -0.2) is 0 Å². The summed E-state index contributed by atoms with van der Waals surface area (Å²) in [4.78, 5) is 4.42. The molecule has 6 aromatic rings. The van der Waals surface area contributed by atoms with Crippen molar-refractivity contribution >= 4 is 54.1 Å². The van der Waals surface area contributed by atoms with E-state index in [9.17, 15) is 0 Å². The first-order chi connectivity index (χ1) is 18.8. The number of benzene rings is 3. The summed E-state index contributed by atoms with van der Waals surface area (Å²) in [6.45, 7) is 0.864. The predicted molar refractivity (Wildman–Crippen MR) is 162 cm³/mol. The maximum absolute atomic E-state index is 4.42. The first-order valence-corrected chi connectivity index (χ1v) is 14.0. The number of nitrogens with one attached hydrogen (secondary N) is 1. The first kappa shape index (κ1) is 21.7. The lowest BCUT2D eigenvalue weighted by Crippen LogP contribution is -2.09. The van der Waals surface area contributed by atoms with Gasteiger partial charge in [-0.1, -0.05) is 54.6 Å². The highest BCUT2D eigenvalue weighted by Gasteiger charge is 2.23. The van der Waals surface area contributed by atoms with Crippen molar-refractivity contribution in [2.24, 2.45) is 0 Å². The van der Waals surface area contributed by atoms with Crippen molar-refractivity contribution in [1.29, 1.82) is 0 Å². The Bertz CT molecular complexity index is 1970. The van der Waals surface area contributed by atoms with Crippen molar-refractivity contribution < 1.29 is 0 Å². The molecule has 0 radical (unpaired) electrons. The number of hydrogen-bond acceptors (Lipinski definition) is 3. The highest BCUT2D eigenvalue weighted by Crippen LogP contribution is 2.44. The lowest BCUT2D eigenvalue weighted by Gasteiger charge is -2.17. The molecule has 4 heteroatoms. The van der Waals surface area contributed by atoms with E-state index in [-0.39, 0.29) is 0 Å². The summed E-state index contributed by atoms with van der Waals surface area (Å²) in [7, 11) is 0. The third-order valence-electron chi connectivity index (χ3n) is 7.75. The van der Waals surface area contributed by atoms with Crippen LogP contribution in [0.4, 0.5) is 0 Å². The maximum Gasteiger partial charge on any atom is 0.0716 e. The minimum absolute atomic E-state index is 0.864. The molecule has 1 N–H and O–H groups in total. The molecule has 38 heavy (non-hydrogen) atoms. The normalized spacial score (nSPS) is 14.7. The van der Waals surface area contributed by atoms with Crippen LogP contribution in [-0.2, 0) is 6.42 Å². The fourth-order valence-electron chi connectivity index (χ4n) is 6.02. The average molecular weight is 508 g/mol. The van der Waals surface area contributed by atoms with Crippen LogP contribution in [0.15, 0.2) is 104 Å². The van der Waals surface area contributed by atoms with E-state index < -0.39 is 0 Å². The molecule has 0 fully saturated rings. The second-order valence-corrected chi connectivity index (χ2v) is 11.0. The largest absolute Gasteiger partial charge is 0.387 e. The zero-order valence-corrected chi connectivity index (χ0v) is 21.6. The zero-order chi connectivity index (χ0) is 25.1. The van der Waals surface area contributed by atoms with Crippen molar-refractivity contribution in [2.75, 3.05) is 6.54 Å². The van der Waals surface area contributed by atoms with Crippen LogP contribution in [0.2, 0.25) is 0 Å². The molecule has 0 amide bonds. The summed E-state index contributed by atoms with van der Waals surface area (Å²) in [5, 5.41) is 7.43. The third kappa shape index (κ3) is 3.30. The Hall–Kier alpha value is -4.41. The van der Waals surface area contributed by atoms with Crippen LogP contribution in [0, 0.1) is 0 Å². The van der Waals surface area contributed by atoms with E-state index in [1.807, 2.05) is 29.8 Å². The van der Waals surface area contributed by atoms with E-state index in [1.165, 1.54) is 64.7 Å². The summed E-state index contributed by atoms with van der Waals surface area (Å²) < 4.78 is 5.21. The number of aromatic nitrogens is 2. The maximum atomic E-state index is 4.42. The van der Waals surface area contributed by atoms with Crippen molar-refractivity contribution in [2.45, 2.75) is 12.8 Å². The highest BCUT2D eigenvalue weighted by atomic mass is 32.1. The lowest BCUT2D eigenvalue weighted by atomic mass is 9.98. The number of rotatable bonds is 3. The van der Waals surface area contributed by atoms with Gasteiger partial charge in [0.1, 0.15) is 0 Å². The van der Waals surface area contributed by atoms with E-state index in [0.29, 0.717) is 0 Å². The minimum atomic E-state index is 0.864. The minimum Gasteiger partial charge on any atom is -0.387 e. The van der Waals surface area contributed by atoms with Crippen LogP contribution in [0.25, 0.3) is 59.5 Å². The molecule has 182 valence electrons. The van der Waals surface area contributed by atoms with Gasteiger partial charge in [-0.3, -0.25) is 4.98 Å².